The van der Waals surface area contributed by atoms with Crippen molar-refractivity contribution in [3.63, 3.8) is 0 Å². The second-order valence-corrected chi connectivity index (χ2v) is 5.07. The van der Waals surface area contributed by atoms with Gasteiger partial charge in [-0.25, -0.2) is 4.79 Å². The first-order valence-corrected chi connectivity index (χ1v) is 6.80. The Hall–Kier alpha value is -2.29. The lowest BCUT2D eigenvalue weighted by Crippen LogP contribution is -2.02. The van der Waals surface area contributed by atoms with Crippen LogP contribution >= 0.6 is 0 Å². The van der Waals surface area contributed by atoms with E-state index in [0.29, 0.717) is 16.5 Å². The van der Waals surface area contributed by atoms with Crippen molar-refractivity contribution in [2.24, 2.45) is 0 Å². The summed E-state index contributed by atoms with van der Waals surface area (Å²) in [4.78, 5) is 12.2. The molecule has 3 rings (SSSR count). The highest BCUT2D eigenvalue weighted by Gasteiger charge is 2.13. The Morgan fingerprint density at radius 2 is 1.95 bits per heavy atom. The van der Waals surface area contributed by atoms with Gasteiger partial charge in [0.05, 0.1) is 5.39 Å². The first-order chi connectivity index (χ1) is 9.63. The van der Waals surface area contributed by atoms with E-state index >= 15 is 0 Å². The van der Waals surface area contributed by atoms with Gasteiger partial charge in [-0.1, -0.05) is 25.5 Å². The fraction of sp³-hybridized carbons (Fsp3) is 0.235. The zero-order valence-corrected chi connectivity index (χ0v) is 11.6. The van der Waals surface area contributed by atoms with Crippen LogP contribution in [0.5, 0.6) is 5.75 Å². The molecule has 1 N–H and O–H groups in total. The van der Waals surface area contributed by atoms with Crippen LogP contribution in [0.2, 0.25) is 0 Å². The molecular weight excluding hydrogens is 252 g/mol. The van der Waals surface area contributed by atoms with E-state index in [1.165, 1.54) is 0 Å². The van der Waals surface area contributed by atoms with Crippen LogP contribution < -0.4 is 5.63 Å². The van der Waals surface area contributed by atoms with Crippen molar-refractivity contribution in [3.8, 4) is 5.75 Å². The molecule has 0 fully saturated rings. The zero-order chi connectivity index (χ0) is 14.3. The van der Waals surface area contributed by atoms with Crippen LogP contribution in [0.1, 0.15) is 24.5 Å². The van der Waals surface area contributed by atoms with Crippen molar-refractivity contribution in [1.82, 2.24) is 0 Å². The van der Waals surface area contributed by atoms with Gasteiger partial charge in [0.15, 0.2) is 0 Å². The molecule has 0 spiro atoms. The molecule has 0 bridgehead atoms. The summed E-state index contributed by atoms with van der Waals surface area (Å²) in [6.07, 6.45) is 1.92. The fourth-order valence-electron chi connectivity index (χ4n) is 2.72. The van der Waals surface area contributed by atoms with E-state index in [1.54, 1.807) is 19.1 Å². The topological polar surface area (TPSA) is 50.4 Å². The van der Waals surface area contributed by atoms with Crippen molar-refractivity contribution in [3.05, 3.63) is 51.9 Å². The molecule has 3 aromatic rings. The summed E-state index contributed by atoms with van der Waals surface area (Å²) in [6.45, 7) is 3.87. The van der Waals surface area contributed by atoms with Crippen LogP contribution in [0.15, 0.2) is 39.5 Å². The highest BCUT2D eigenvalue weighted by atomic mass is 16.4. The number of aryl methyl sites for hydroxylation is 2. The minimum absolute atomic E-state index is 0.146. The molecular formula is C17H16O3. The van der Waals surface area contributed by atoms with Crippen LogP contribution in [0.4, 0.5) is 0 Å². The number of aromatic hydroxyl groups is 1. The smallest absolute Gasteiger partial charge is 0.344 e. The van der Waals surface area contributed by atoms with Crippen molar-refractivity contribution in [2.75, 3.05) is 0 Å². The molecule has 0 aliphatic rings. The van der Waals surface area contributed by atoms with Gasteiger partial charge in [0.25, 0.3) is 0 Å². The molecule has 0 aliphatic heterocycles. The van der Waals surface area contributed by atoms with Gasteiger partial charge >= 0.3 is 5.63 Å². The summed E-state index contributed by atoms with van der Waals surface area (Å²) in [5, 5.41) is 12.2. The summed E-state index contributed by atoms with van der Waals surface area (Å²) in [6, 6.07) is 9.21. The number of phenolic OH excluding ortho intramolecular Hbond substituents is 1. The van der Waals surface area contributed by atoms with Gasteiger partial charge in [-0.15, -0.1) is 0 Å². The average Bonchev–Trinajstić information content (AvgIpc) is 2.44. The zero-order valence-electron chi connectivity index (χ0n) is 11.6. The normalized spacial score (nSPS) is 11.3. The van der Waals surface area contributed by atoms with E-state index in [9.17, 15) is 9.90 Å². The molecule has 1 heterocycles. The molecule has 102 valence electrons. The summed E-state index contributed by atoms with van der Waals surface area (Å²) < 4.78 is 5.40. The molecule has 0 aliphatic carbocycles. The minimum atomic E-state index is -0.348. The molecule has 0 atom stereocenters. The van der Waals surface area contributed by atoms with Crippen LogP contribution in [0.3, 0.4) is 0 Å². The Balaban J connectivity index is 2.57. The van der Waals surface area contributed by atoms with Crippen molar-refractivity contribution in [2.45, 2.75) is 26.7 Å². The second kappa shape index (κ2) is 4.67. The number of hydrogen-bond acceptors (Lipinski definition) is 3. The maximum absolute atomic E-state index is 12.2. The third-order valence-electron chi connectivity index (χ3n) is 3.73. The first kappa shape index (κ1) is 12.7. The van der Waals surface area contributed by atoms with Crippen molar-refractivity contribution >= 4 is 21.7 Å². The Morgan fingerprint density at radius 3 is 2.70 bits per heavy atom. The Labute approximate surface area is 116 Å². The average molecular weight is 268 g/mol. The minimum Gasteiger partial charge on any atom is -0.508 e. The van der Waals surface area contributed by atoms with Crippen molar-refractivity contribution < 1.29 is 9.52 Å². The lowest BCUT2D eigenvalue weighted by Gasteiger charge is -2.10. The number of phenols is 1. The fourth-order valence-corrected chi connectivity index (χ4v) is 2.72. The molecule has 0 saturated carbocycles. The highest BCUT2D eigenvalue weighted by molar-refractivity contribution is 6.07. The van der Waals surface area contributed by atoms with Gasteiger partial charge in [0.1, 0.15) is 11.3 Å². The van der Waals surface area contributed by atoms with Crippen molar-refractivity contribution in [1.29, 1.82) is 0 Å². The summed E-state index contributed by atoms with van der Waals surface area (Å²) in [5.41, 5.74) is 1.88. The van der Waals surface area contributed by atoms with Crippen LogP contribution in [0, 0.1) is 6.92 Å². The molecule has 0 radical (unpaired) electrons. The highest BCUT2D eigenvalue weighted by Crippen LogP contribution is 2.32. The number of fused-ring (bicyclic) bond motifs is 3. The monoisotopic (exact) mass is 268 g/mol. The third kappa shape index (κ3) is 1.78. The molecule has 0 amide bonds. The maximum atomic E-state index is 12.2. The molecule has 3 heteroatoms. The van der Waals surface area contributed by atoms with Gasteiger partial charge in [-0.05, 0) is 37.1 Å². The van der Waals surface area contributed by atoms with Gasteiger partial charge in [-0.2, -0.15) is 0 Å². The summed E-state index contributed by atoms with van der Waals surface area (Å²) in [5.74, 6) is 0.146. The largest absolute Gasteiger partial charge is 0.508 e. The van der Waals surface area contributed by atoms with Gasteiger partial charge in [0.2, 0.25) is 0 Å². The SMILES string of the molecule is CCCc1cccc2c(=O)oc3c(C)c(O)ccc3c12. The van der Waals surface area contributed by atoms with E-state index in [4.69, 9.17) is 4.42 Å². The molecule has 1 aromatic heterocycles. The lowest BCUT2D eigenvalue weighted by molar-refractivity contribution is 0.468. The molecule has 20 heavy (non-hydrogen) atoms. The number of rotatable bonds is 2. The quantitative estimate of drug-likeness (QED) is 0.566. The predicted octanol–water partition coefficient (Wildman–Crippen LogP) is 3.91. The van der Waals surface area contributed by atoms with Crippen LogP contribution in [-0.4, -0.2) is 5.11 Å². The van der Waals surface area contributed by atoms with Gasteiger partial charge in [0, 0.05) is 16.3 Å². The standard InChI is InChI=1S/C17H16O3/c1-3-5-11-6-4-7-13-15(11)12-8-9-14(18)10(2)16(12)20-17(13)19/h4,6-9,18H,3,5H2,1-2H3. The predicted molar refractivity (Wildman–Crippen MR) is 80.4 cm³/mol. The number of hydrogen-bond donors (Lipinski definition) is 1. The van der Waals surface area contributed by atoms with E-state index in [2.05, 4.69) is 6.92 Å². The van der Waals surface area contributed by atoms with Crippen LogP contribution in [-0.2, 0) is 6.42 Å². The summed E-state index contributed by atoms with van der Waals surface area (Å²) >= 11 is 0. The second-order valence-electron chi connectivity index (χ2n) is 5.07. The third-order valence-corrected chi connectivity index (χ3v) is 3.73. The Kier molecular flexibility index (Phi) is 2.97. The molecule has 2 aromatic carbocycles. The number of benzene rings is 2. The first-order valence-electron chi connectivity index (χ1n) is 6.80. The Morgan fingerprint density at radius 1 is 1.15 bits per heavy atom. The summed E-state index contributed by atoms with van der Waals surface area (Å²) in [7, 11) is 0. The lowest BCUT2D eigenvalue weighted by atomic mass is 9.98. The molecule has 0 unspecified atom stereocenters. The van der Waals surface area contributed by atoms with E-state index in [1.807, 2.05) is 18.2 Å². The molecule has 0 saturated heterocycles. The van der Waals surface area contributed by atoms with Gasteiger partial charge < -0.3 is 9.52 Å². The Bertz CT molecular complexity index is 859. The van der Waals surface area contributed by atoms with Crippen LogP contribution in [0.25, 0.3) is 21.7 Å². The van der Waals surface area contributed by atoms with E-state index < -0.39 is 0 Å². The molecule has 3 nitrogen and oxygen atoms in total. The van der Waals surface area contributed by atoms with E-state index in [-0.39, 0.29) is 11.4 Å². The maximum Gasteiger partial charge on any atom is 0.344 e. The van der Waals surface area contributed by atoms with E-state index in [0.717, 1.165) is 29.2 Å². The van der Waals surface area contributed by atoms with Gasteiger partial charge in [-0.3, -0.25) is 0 Å².